The number of ether oxygens (including phenoxy) is 8. The van der Waals surface area contributed by atoms with Gasteiger partial charge in [-0.15, -0.1) is 0 Å². The summed E-state index contributed by atoms with van der Waals surface area (Å²) in [6.45, 7) is 29.6. The topological polar surface area (TPSA) is 154 Å². The van der Waals surface area contributed by atoms with E-state index in [1.165, 1.54) is 20.9 Å². The van der Waals surface area contributed by atoms with Crippen LogP contribution >= 0.6 is 0 Å². The van der Waals surface area contributed by atoms with Crippen LogP contribution in [0.25, 0.3) is 0 Å². The molecule has 0 bridgehead atoms. The SMILES string of the molecule is CC(=O)OC1[C@H](C)OC(C)[C@H](C)[C@@H]1O[C@@H]1OC(C)[C@H](C)[C@H](C)C1C.CC(=O)OC1[C@H](C)OC(C)[C@H](C)[C@@H]1O[C@@H]1OC(C)[C@H](C)[C@H](C)C1O.CN. The summed E-state index contributed by atoms with van der Waals surface area (Å²) in [4.78, 5) is 23.0. The molecule has 0 saturated carbocycles. The average molecular weight is 718 g/mol. The van der Waals surface area contributed by atoms with Crippen LogP contribution in [0.4, 0.5) is 0 Å². The first kappa shape index (κ1) is 44.8. The molecule has 20 atom stereocenters. The van der Waals surface area contributed by atoms with Crippen LogP contribution in [0.3, 0.4) is 0 Å². The summed E-state index contributed by atoms with van der Waals surface area (Å²) in [6, 6.07) is 0. The fourth-order valence-corrected chi connectivity index (χ4v) is 7.45. The lowest BCUT2D eigenvalue weighted by Crippen LogP contribution is -2.58. The van der Waals surface area contributed by atoms with Crippen molar-refractivity contribution in [2.45, 2.75) is 184 Å². The Hall–Kier alpha value is -1.38. The summed E-state index contributed by atoms with van der Waals surface area (Å²) < 4.78 is 47.4. The van der Waals surface area contributed by atoms with Gasteiger partial charge in [-0.3, -0.25) is 9.59 Å². The third kappa shape index (κ3) is 10.8. The van der Waals surface area contributed by atoms with E-state index in [4.69, 9.17) is 37.9 Å². The number of hydrogen-bond acceptors (Lipinski definition) is 12. The molecule has 8 unspecified atom stereocenters. The number of esters is 2. The normalized spacial score (nSPS) is 47.8. The quantitative estimate of drug-likeness (QED) is 0.352. The first-order chi connectivity index (χ1) is 23.3. The van der Waals surface area contributed by atoms with E-state index >= 15 is 0 Å². The molecule has 4 aliphatic heterocycles. The molecule has 0 aromatic heterocycles. The molecule has 12 heteroatoms. The summed E-state index contributed by atoms with van der Waals surface area (Å²) in [5.74, 6) is 1.05. The lowest BCUT2D eigenvalue weighted by atomic mass is 9.79. The minimum Gasteiger partial charge on any atom is -0.457 e. The van der Waals surface area contributed by atoms with E-state index in [0.717, 1.165) is 0 Å². The monoisotopic (exact) mass is 718 g/mol. The zero-order valence-electron chi connectivity index (χ0n) is 33.7. The smallest absolute Gasteiger partial charge is 0.303 e. The van der Waals surface area contributed by atoms with Crippen LogP contribution in [0.2, 0.25) is 0 Å². The minimum atomic E-state index is -0.728. The largest absolute Gasteiger partial charge is 0.457 e. The van der Waals surface area contributed by atoms with E-state index in [1.54, 1.807) is 0 Å². The molecule has 12 nitrogen and oxygen atoms in total. The zero-order chi connectivity index (χ0) is 38.4. The number of carbonyl (C=O) groups is 2. The Morgan fingerprint density at radius 1 is 0.440 bits per heavy atom. The van der Waals surface area contributed by atoms with Crippen LogP contribution in [0, 0.1) is 41.4 Å². The van der Waals surface area contributed by atoms with E-state index < -0.39 is 24.6 Å². The molecule has 0 aromatic carbocycles. The van der Waals surface area contributed by atoms with E-state index in [0.29, 0.717) is 11.8 Å². The van der Waals surface area contributed by atoms with Crippen LogP contribution < -0.4 is 5.73 Å². The second-order valence-electron chi connectivity index (χ2n) is 15.4. The molecule has 3 N–H and O–H groups in total. The van der Waals surface area contributed by atoms with Crippen LogP contribution in [-0.2, 0) is 47.5 Å². The summed E-state index contributed by atoms with van der Waals surface area (Å²) in [5, 5.41) is 10.6. The zero-order valence-corrected chi connectivity index (χ0v) is 33.7. The summed E-state index contributed by atoms with van der Waals surface area (Å²) in [6.07, 6.45) is -3.59. The Kier molecular flexibility index (Phi) is 17.6. The van der Waals surface area contributed by atoms with Gasteiger partial charge in [-0.25, -0.2) is 0 Å². The highest BCUT2D eigenvalue weighted by Gasteiger charge is 2.49. The van der Waals surface area contributed by atoms with Gasteiger partial charge in [0.15, 0.2) is 24.8 Å². The fraction of sp³-hybridized carbons (Fsp3) is 0.947. The van der Waals surface area contributed by atoms with Gasteiger partial charge in [-0.2, -0.15) is 0 Å². The predicted molar refractivity (Wildman–Crippen MR) is 190 cm³/mol. The molecule has 0 amide bonds. The first-order valence-corrected chi connectivity index (χ1v) is 18.8. The van der Waals surface area contributed by atoms with Crippen molar-refractivity contribution in [2.24, 2.45) is 47.2 Å². The Bertz CT molecular complexity index is 968. The third-order valence-electron chi connectivity index (χ3n) is 12.0. The maximum atomic E-state index is 11.5. The van der Waals surface area contributed by atoms with Gasteiger partial charge in [0, 0.05) is 31.6 Å². The van der Waals surface area contributed by atoms with Crippen LogP contribution in [0.1, 0.15) is 104 Å². The lowest BCUT2D eigenvalue weighted by Gasteiger charge is -2.48. The Morgan fingerprint density at radius 2 is 0.780 bits per heavy atom. The van der Waals surface area contributed by atoms with Crippen LogP contribution in [0.15, 0.2) is 0 Å². The lowest BCUT2D eigenvalue weighted by molar-refractivity contribution is -0.314. The average Bonchev–Trinajstić information content (AvgIpc) is 3.05. The molecule has 0 aliphatic carbocycles. The van der Waals surface area contributed by atoms with Crippen LogP contribution in [-0.4, -0.2) is 104 Å². The van der Waals surface area contributed by atoms with Crippen molar-refractivity contribution < 1.29 is 52.6 Å². The van der Waals surface area contributed by atoms with Crippen molar-refractivity contribution in [3.05, 3.63) is 0 Å². The van der Waals surface area contributed by atoms with Gasteiger partial charge in [-0.05, 0) is 72.3 Å². The standard InChI is InChI=1S/C19H34O5.C18H32O6.CH5N/c1-9-10(2)13(5)22-19(11(9)3)24-17-12(4)14(6)21-15(7)18(17)23-16(8)20;1-8-9(2)15(20)18(22-11(8)4)24-16-10(3)12(5)21-13(6)17(16)23-14(7)19;1-2/h9-15,17-19H,1-8H3;8-13,15-18,20H,1-7H3;2H2,1H3/t9-,10+,11?,12-,13?,14?,15-,17-,18?,19-;8-,9+,10+,11?,12?,13+,15?,16+,17?,18+;/m01./s1. The van der Waals surface area contributed by atoms with Gasteiger partial charge >= 0.3 is 11.9 Å². The highest BCUT2D eigenvalue weighted by Crippen LogP contribution is 2.39. The van der Waals surface area contributed by atoms with Crippen molar-refractivity contribution in [1.82, 2.24) is 0 Å². The van der Waals surface area contributed by atoms with Crippen molar-refractivity contribution in [3.8, 4) is 0 Å². The maximum absolute atomic E-state index is 11.5. The predicted octanol–water partition coefficient (Wildman–Crippen LogP) is 5.10. The molecule has 4 aliphatic rings. The molecule has 0 aromatic rings. The van der Waals surface area contributed by atoms with Gasteiger partial charge in [0.25, 0.3) is 0 Å². The fourth-order valence-electron chi connectivity index (χ4n) is 7.45. The van der Waals surface area contributed by atoms with Crippen molar-refractivity contribution in [3.63, 3.8) is 0 Å². The molecule has 294 valence electrons. The summed E-state index contributed by atoms with van der Waals surface area (Å²) in [5.41, 5.74) is 4.50. The summed E-state index contributed by atoms with van der Waals surface area (Å²) >= 11 is 0. The van der Waals surface area contributed by atoms with Crippen molar-refractivity contribution >= 4 is 11.9 Å². The number of aliphatic hydroxyl groups excluding tert-OH is 1. The van der Waals surface area contributed by atoms with E-state index in [2.05, 4.69) is 47.3 Å². The number of carbonyl (C=O) groups excluding carboxylic acids is 2. The molecule has 4 saturated heterocycles. The van der Waals surface area contributed by atoms with Gasteiger partial charge in [0.2, 0.25) is 0 Å². The molecule has 4 heterocycles. The molecular formula is C38H71NO11. The number of nitrogens with two attached hydrogens (primary N) is 1. The molecule has 4 fully saturated rings. The molecular weight excluding hydrogens is 646 g/mol. The second-order valence-corrected chi connectivity index (χ2v) is 15.4. The highest BCUT2D eigenvalue weighted by atomic mass is 16.7. The van der Waals surface area contributed by atoms with Crippen molar-refractivity contribution in [1.29, 1.82) is 0 Å². The van der Waals surface area contributed by atoms with Gasteiger partial charge in [0.1, 0.15) is 18.3 Å². The van der Waals surface area contributed by atoms with E-state index in [9.17, 15) is 14.7 Å². The third-order valence-corrected chi connectivity index (χ3v) is 12.0. The molecule has 50 heavy (non-hydrogen) atoms. The van der Waals surface area contributed by atoms with Crippen molar-refractivity contribution in [2.75, 3.05) is 7.05 Å². The van der Waals surface area contributed by atoms with E-state index in [-0.39, 0.29) is 96.6 Å². The van der Waals surface area contributed by atoms with Crippen LogP contribution in [0.5, 0.6) is 0 Å². The maximum Gasteiger partial charge on any atom is 0.303 e. The van der Waals surface area contributed by atoms with E-state index in [1.807, 2.05) is 48.5 Å². The first-order valence-electron chi connectivity index (χ1n) is 18.8. The van der Waals surface area contributed by atoms with Gasteiger partial charge < -0.3 is 48.7 Å². The Balaban J connectivity index is 0.000000330. The highest BCUT2D eigenvalue weighted by molar-refractivity contribution is 5.66. The number of rotatable bonds is 6. The summed E-state index contributed by atoms with van der Waals surface area (Å²) in [7, 11) is 1.50. The second kappa shape index (κ2) is 19.6. The molecule has 0 radical (unpaired) electrons. The number of aliphatic hydroxyl groups is 1. The van der Waals surface area contributed by atoms with Gasteiger partial charge in [-0.1, -0.05) is 48.5 Å². The van der Waals surface area contributed by atoms with Gasteiger partial charge in [0.05, 0.1) is 36.6 Å². The Morgan fingerprint density at radius 3 is 1.18 bits per heavy atom. The molecule has 4 rings (SSSR count). The number of hydrogen-bond donors (Lipinski definition) is 2. The Labute approximate surface area is 302 Å². The minimum absolute atomic E-state index is 0.00584. The molecule has 0 spiro atoms.